The molecular weight excluding hydrogens is 358 g/mol. The smallest absolute Gasteiger partial charge is 0.377 e. The Hall–Kier alpha value is -3.03. The third-order valence-corrected chi connectivity index (χ3v) is 5.60. The minimum absolute atomic E-state index is 0.0414. The van der Waals surface area contributed by atoms with Crippen LogP contribution in [0.4, 0.5) is 14.5 Å². The lowest BCUT2D eigenvalue weighted by molar-refractivity contribution is -0.131. The first-order valence-electron chi connectivity index (χ1n) is 8.50. The van der Waals surface area contributed by atoms with E-state index in [1.165, 1.54) is 13.0 Å². The van der Waals surface area contributed by atoms with Crippen molar-refractivity contribution in [1.29, 1.82) is 0 Å². The quantitative estimate of drug-likeness (QED) is 0.636. The second kappa shape index (κ2) is 5.73. The van der Waals surface area contributed by atoms with Gasteiger partial charge in [0.25, 0.3) is 11.7 Å². The second-order valence-electron chi connectivity index (χ2n) is 7.10. The monoisotopic (exact) mass is 374 g/mol. The van der Waals surface area contributed by atoms with E-state index in [1.807, 2.05) is 6.92 Å². The molecule has 1 aromatic carbocycles. The van der Waals surface area contributed by atoms with Gasteiger partial charge in [0.15, 0.2) is 11.6 Å². The number of carboxylic acid groups (broad SMARTS) is 1. The van der Waals surface area contributed by atoms with Gasteiger partial charge in [0.1, 0.15) is 5.69 Å². The van der Waals surface area contributed by atoms with Crippen LogP contribution in [0.25, 0.3) is 0 Å². The highest BCUT2D eigenvalue weighted by molar-refractivity contribution is 6.41. The standard InChI is InChI=1S/C19H16F2N2O4/c1-7-10-6-13-14(17(24)19(26)27)8(2)16(23(13)15(7)10)18(25)22-9-3-4-11(20)12(21)5-9/h3-5,7,10,15H,6H2,1-2H3,(H,22,25)(H,26,27)/t7-,10+,15-/m1/s1. The Kier molecular flexibility index (Phi) is 3.69. The summed E-state index contributed by atoms with van der Waals surface area (Å²) in [6, 6.07) is 3.03. The van der Waals surface area contributed by atoms with E-state index in [0.29, 0.717) is 18.0 Å². The minimum Gasteiger partial charge on any atom is -0.475 e. The molecule has 140 valence electrons. The van der Waals surface area contributed by atoms with Crippen molar-refractivity contribution in [1.82, 2.24) is 4.57 Å². The summed E-state index contributed by atoms with van der Waals surface area (Å²) >= 11 is 0. The number of carbonyl (C=O) groups excluding carboxylic acids is 2. The van der Waals surface area contributed by atoms with E-state index in [-0.39, 0.29) is 34.5 Å². The summed E-state index contributed by atoms with van der Waals surface area (Å²) in [5.74, 6) is -4.74. The molecule has 1 amide bonds. The topological polar surface area (TPSA) is 88.4 Å². The first-order valence-corrected chi connectivity index (χ1v) is 8.50. The van der Waals surface area contributed by atoms with E-state index >= 15 is 0 Å². The van der Waals surface area contributed by atoms with Crippen molar-refractivity contribution in [2.24, 2.45) is 11.8 Å². The largest absolute Gasteiger partial charge is 0.475 e. The van der Waals surface area contributed by atoms with Crippen molar-refractivity contribution in [2.45, 2.75) is 26.3 Å². The maximum absolute atomic E-state index is 13.4. The van der Waals surface area contributed by atoms with Gasteiger partial charge in [-0.1, -0.05) is 6.92 Å². The Morgan fingerprint density at radius 3 is 2.56 bits per heavy atom. The van der Waals surface area contributed by atoms with Crippen LogP contribution >= 0.6 is 0 Å². The van der Waals surface area contributed by atoms with Gasteiger partial charge in [-0.05, 0) is 42.9 Å². The zero-order chi connectivity index (χ0) is 19.6. The van der Waals surface area contributed by atoms with Gasteiger partial charge in [0.05, 0.1) is 5.56 Å². The highest BCUT2D eigenvalue weighted by Gasteiger charge is 2.56. The summed E-state index contributed by atoms with van der Waals surface area (Å²) in [7, 11) is 0. The van der Waals surface area contributed by atoms with Crippen molar-refractivity contribution < 1.29 is 28.3 Å². The van der Waals surface area contributed by atoms with Gasteiger partial charge < -0.3 is 15.0 Å². The van der Waals surface area contributed by atoms with Gasteiger partial charge in [0, 0.05) is 23.5 Å². The lowest BCUT2D eigenvalue weighted by Crippen LogP contribution is -2.18. The fourth-order valence-electron chi connectivity index (χ4n) is 4.23. The van der Waals surface area contributed by atoms with Gasteiger partial charge in [-0.3, -0.25) is 9.59 Å². The number of hydrogen-bond donors (Lipinski definition) is 2. The van der Waals surface area contributed by atoms with Crippen molar-refractivity contribution >= 4 is 23.3 Å². The van der Waals surface area contributed by atoms with Crippen LogP contribution in [0.5, 0.6) is 0 Å². The molecule has 8 heteroatoms. The number of ketones is 1. The van der Waals surface area contributed by atoms with Crippen LogP contribution in [0, 0.1) is 30.4 Å². The van der Waals surface area contributed by atoms with E-state index in [0.717, 1.165) is 12.1 Å². The van der Waals surface area contributed by atoms with Gasteiger partial charge in [0.2, 0.25) is 0 Å². The Morgan fingerprint density at radius 2 is 1.93 bits per heavy atom. The van der Waals surface area contributed by atoms with Crippen LogP contribution in [-0.2, 0) is 11.2 Å². The van der Waals surface area contributed by atoms with Crippen LogP contribution < -0.4 is 5.32 Å². The average molecular weight is 374 g/mol. The number of aromatic nitrogens is 1. The predicted molar refractivity (Wildman–Crippen MR) is 90.8 cm³/mol. The zero-order valence-corrected chi connectivity index (χ0v) is 14.5. The molecule has 2 aliphatic rings. The maximum atomic E-state index is 13.4. The molecule has 6 nitrogen and oxygen atoms in total. The number of aliphatic carboxylic acids is 1. The number of Topliss-reactive ketones (excluding diaryl/α,β-unsaturated/α-hetero) is 1. The number of nitrogens with one attached hydrogen (secondary N) is 1. The number of amides is 1. The van der Waals surface area contributed by atoms with Crippen molar-refractivity contribution in [3.8, 4) is 0 Å². The summed E-state index contributed by atoms with van der Waals surface area (Å²) in [4.78, 5) is 36.2. The van der Waals surface area contributed by atoms with Crippen LogP contribution in [0.1, 0.15) is 45.1 Å². The molecule has 4 rings (SSSR count). The van der Waals surface area contributed by atoms with Crippen LogP contribution in [-0.4, -0.2) is 27.3 Å². The molecule has 2 heterocycles. The molecule has 0 unspecified atom stereocenters. The number of nitrogens with zero attached hydrogens (tertiary/aromatic N) is 1. The number of benzene rings is 1. The highest BCUT2D eigenvalue weighted by atomic mass is 19.2. The average Bonchev–Trinajstić information content (AvgIpc) is 2.94. The number of rotatable bonds is 4. The first-order chi connectivity index (χ1) is 12.7. The van der Waals surface area contributed by atoms with Crippen LogP contribution in [0.2, 0.25) is 0 Å². The summed E-state index contributed by atoms with van der Waals surface area (Å²) in [5.41, 5.74) is 1.16. The predicted octanol–water partition coefficient (Wildman–Crippen LogP) is 2.96. The molecule has 0 saturated heterocycles. The Balaban J connectivity index is 1.77. The number of hydrogen-bond acceptors (Lipinski definition) is 3. The molecule has 3 atom stereocenters. The fraction of sp³-hybridized carbons (Fsp3) is 0.316. The summed E-state index contributed by atoms with van der Waals surface area (Å²) in [6.45, 7) is 3.56. The Morgan fingerprint density at radius 1 is 1.22 bits per heavy atom. The van der Waals surface area contributed by atoms with E-state index < -0.39 is 29.3 Å². The minimum atomic E-state index is -1.58. The zero-order valence-electron chi connectivity index (χ0n) is 14.5. The molecule has 1 aliphatic heterocycles. The molecule has 2 N–H and O–H groups in total. The number of halogens is 2. The van der Waals surface area contributed by atoms with E-state index in [4.69, 9.17) is 5.11 Å². The normalized spacial score (nSPS) is 22.1. The van der Waals surface area contributed by atoms with Crippen LogP contribution in [0.15, 0.2) is 18.2 Å². The number of fused-ring (bicyclic) bond motifs is 3. The molecule has 2 aromatic rings. The Labute approximate surface area is 152 Å². The third-order valence-electron chi connectivity index (χ3n) is 5.60. The van der Waals surface area contributed by atoms with Gasteiger partial charge >= 0.3 is 5.97 Å². The summed E-state index contributed by atoms with van der Waals surface area (Å²) < 4.78 is 28.2. The van der Waals surface area contributed by atoms with E-state index in [2.05, 4.69) is 5.32 Å². The first kappa shape index (κ1) is 17.4. The summed E-state index contributed by atoms with van der Waals surface area (Å²) in [6.07, 6.45) is 0.541. The number of carboxylic acids is 1. The van der Waals surface area contributed by atoms with Crippen molar-refractivity contribution in [2.75, 3.05) is 5.32 Å². The molecule has 1 fully saturated rings. The molecule has 1 saturated carbocycles. The molecule has 1 aliphatic carbocycles. The van der Waals surface area contributed by atoms with Gasteiger partial charge in [-0.15, -0.1) is 0 Å². The molecular formula is C19H16F2N2O4. The van der Waals surface area contributed by atoms with E-state index in [9.17, 15) is 23.2 Å². The summed E-state index contributed by atoms with van der Waals surface area (Å²) in [5, 5.41) is 11.6. The molecule has 1 aromatic heterocycles. The van der Waals surface area contributed by atoms with Crippen molar-refractivity contribution in [3.63, 3.8) is 0 Å². The highest BCUT2D eigenvalue weighted by Crippen LogP contribution is 2.59. The molecule has 0 radical (unpaired) electrons. The second-order valence-corrected chi connectivity index (χ2v) is 7.10. The fourth-order valence-corrected chi connectivity index (χ4v) is 4.23. The lowest BCUT2D eigenvalue weighted by Gasteiger charge is -2.11. The van der Waals surface area contributed by atoms with Crippen molar-refractivity contribution in [3.05, 3.63) is 52.3 Å². The Bertz CT molecular complexity index is 1030. The van der Waals surface area contributed by atoms with E-state index in [1.54, 1.807) is 4.57 Å². The maximum Gasteiger partial charge on any atom is 0.377 e. The molecule has 0 bridgehead atoms. The van der Waals surface area contributed by atoms with Gasteiger partial charge in [-0.25, -0.2) is 13.6 Å². The lowest BCUT2D eigenvalue weighted by atomic mass is 10.0. The molecule has 27 heavy (non-hydrogen) atoms. The van der Waals surface area contributed by atoms with Crippen LogP contribution in [0.3, 0.4) is 0 Å². The third kappa shape index (κ3) is 2.47. The van der Waals surface area contributed by atoms with Gasteiger partial charge in [-0.2, -0.15) is 0 Å². The SMILES string of the molecule is Cc1c(C(=O)C(=O)O)c2n(c1C(=O)Nc1ccc(F)c(F)c1)[C@@H]1[C@H](C)[C@@H]1C2. The number of anilines is 1. The molecule has 0 spiro atoms. The number of carbonyl (C=O) groups is 3.